The van der Waals surface area contributed by atoms with Gasteiger partial charge in [0.2, 0.25) is 10.0 Å². The van der Waals surface area contributed by atoms with E-state index < -0.39 is 10.0 Å². The van der Waals surface area contributed by atoms with Crippen molar-refractivity contribution in [2.45, 2.75) is 26.4 Å². The Morgan fingerprint density at radius 2 is 1.95 bits per heavy atom. The molecule has 5 nitrogen and oxygen atoms in total. The van der Waals surface area contributed by atoms with Crippen molar-refractivity contribution in [3.05, 3.63) is 0 Å². The molecule has 1 aliphatic rings. The Labute approximate surface area is 121 Å². The molecule has 0 amide bonds. The predicted molar refractivity (Wildman–Crippen MR) is 78.2 cm³/mol. The Hall–Kier alpha value is 0.120. The van der Waals surface area contributed by atoms with Crippen LogP contribution in [0.15, 0.2) is 0 Å². The van der Waals surface area contributed by atoms with Gasteiger partial charge in [-0.2, -0.15) is 0 Å². The lowest BCUT2D eigenvalue weighted by Crippen LogP contribution is -2.38. The molecule has 0 N–H and O–H groups in total. The van der Waals surface area contributed by atoms with E-state index in [2.05, 4.69) is 4.90 Å². The summed E-state index contributed by atoms with van der Waals surface area (Å²) in [7, 11) is -3.19. The molecule has 0 spiro atoms. The number of halogens is 1. The lowest BCUT2D eigenvalue weighted by atomic mass is 10.4. The summed E-state index contributed by atoms with van der Waals surface area (Å²) in [6, 6.07) is 0. The van der Waals surface area contributed by atoms with E-state index in [1.165, 1.54) is 0 Å². The van der Waals surface area contributed by atoms with Gasteiger partial charge in [-0.15, -0.1) is 11.6 Å². The van der Waals surface area contributed by atoms with E-state index in [1.54, 1.807) is 4.31 Å². The van der Waals surface area contributed by atoms with Crippen LogP contribution in [-0.2, 0) is 14.8 Å². The number of ether oxygens (including phenoxy) is 1. The van der Waals surface area contributed by atoms with Crippen LogP contribution in [-0.4, -0.2) is 74.7 Å². The van der Waals surface area contributed by atoms with Gasteiger partial charge in [-0.3, -0.25) is 0 Å². The van der Waals surface area contributed by atoms with Gasteiger partial charge < -0.3 is 9.64 Å². The van der Waals surface area contributed by atoms with Crippen molar-refractivity contribution in [2.75, 3.05) is 51.0 Å². The number of sulfonamides is 1. The quantitative estimate of drug-likeness (QED) is 0.658. The van der Waals surface area contributed by atoms with Crippen LogP contribution >= 0.6 is 11.6 Å². The zero-order valence-corrected chi connectivity index (χ0v) is 13.4. The number of alkyl halides is 1. The monoisotopic (exact) mass is 312 g/mol. The van der Waals surface area contributed by atoms with E-state index in [9.17, 15) is 8.42 Å². The lowest BCUT2D eigenvalue weighted by Gasteiger charge is -2.21. The Morgan fingerprint density at radius 3 is 2.58 bits per heavy atom. The molecular formula is C12H25ClN2O3S. The summed E-state index contributed by atoms with van der Waals surface area (Å²) < 4.78 is 31.3. The predicted octanol–water partition coefficient (Wildman–Crippen LogP) is 0.988. The van der Waals surface area contributed by atoms with E-state index in [4.69, 9.17) is 16.3 Å². The van der Waals surface area contributed by atoms with Gasteiger partial charge >= 0.3 is 0 Å². The summed E-state index contributed by atoms with van der Waals surface area (Å²) in [5.74, 6) is 0.662. The molecule has 0 aromatic heterocycles. The highest BCUT2D eigenvalue weighted by molar-refractivity contribution is 7.89. The third-order valence-electron chi connectivity index (χ3n) is 3.13. The molecule has 0 aliphatic carbocycles. The maximum Gasteiger partial charge on any atom is 0.216 e. The van der Waals surface area contributed by atoms with Crippen LogP contribution in [0.5, 0.6) is 0 Å². The fourth-order valence-electron chi connectivity index (χ4n) is 2.09. The van der Waals surface area contributed by atoms with E-state index in [1.807, 2.05) is 13.8 Å². The third-order valence-corrected chi connectivity index (χ3v) is 5.14. The zero-order valence-electron chi connectivity index (χ0n) is 11.8. The minimum absolute atomic E-state index is 0.0681. The van der Waals surface area contributed by atoms with Crippen LogP contribution in [0.3, 0.4) is 0 Å². The van der Waals surface area contributed by atoms with Crippen molar-refractivity contribution in [2.24, 2.45) is 0 Å². The van der Waals surface area contributed by atoms with Crippen molar-refractivity contribution in [1.29, 1.82) is 0 Å². The molecule has 0 radical (unpaired) electrons. The van der Waals surface area contributed by atoms with Gasteiger partial charge in [0.25, 0.3) is 0 Å². The molecule has 0 aromatic rings. The standard InChI is InChI=1S/C12H25ClN2O3S/c1-12(2)18-10-11-19(16,17)15-6-3-5-14(7-4-13)8-9-15/h12H,3-11H2,1-2H3. The first-order valence-electron chi connectivity index (χ1n) is 6.83. The van der Waals surface area contributed by atoms with Crippen molar-refractivity contribution >= 4 is 21.6 Å². The first-order chi connectivity index (χ1) is 8.95. The van der Waals surface area contributed by atoms with E-state index in [0.717, 1.165) is 26.1 Å². The molecule has 7 heteroatoms. The smallest absolute Gasteiger partial charge is 0.216 e. The molecular weight excluding hydrogens is 288 g/mol. The fourth-order valence-corrected chi connectivity index (χ4v) is 3.66. The molecule has 1 heterocycles. The van der Waals surface area contributed by atoms with Crippen molar-refractivity contribution < 1.29 is 13.2 Å². The van der Waals surface area contributed by atoms with Crippen LogP contribution in [0.4, 0.5) is 0 Å². The van der Waals surface area contributed by atoms with Crippen LogP contribution < -0.4 is 0 Å². The molecule has 0 unspecified atom stereocenters. The average Bonchev–Trinajstić information content (AvgIpc) is 2.55. The van der Waals surface area contributed by atoms with Crippen LogP contribution in [0.2, 0.25) is 0 Å². The highest BCUT2D eigenvalue weighted by Gasteiger charge is 2.24. The minimum Gasteiger partial charge on any atom is -0.378 e. The van der Waals surface area contributed by atoms with Crippen LogP contribution in [0, 0.1) is 0 Å². The third kappa shape index (κ3) is 6.40. The summed E-state index contributed by atoms with van der Waals surface area (Å²) in [5.41, 5.74) is 0. The summed E-state index contributed by atoms with van der Waals surface area (Å²) in [6.45, 7) is 7.74. The van der Waals surface area contributed by atoms with Gasteiger partial charge in [-0.25, -0.2) is 12.7 Å². The second kappa shape index (κ2) is 8.42. The van der Waals surface area contributed by atoms with Gasteiger partial charge in [0.05, 0.1) is 18.5 Å². The fraction of sp³-hybridized carbons (Fsp3) is 1.00. The SMILES string of the molecule is CC(C)OCCS(=O)(=O)N1CCCN(CCCl)CC1. The second-order valence-electron chi connectivity index (χ2n) is 5.02. The summed E-state index contributed by atoms with van der Waals surface area (Å²) in [5, 5.41) is 0. The van der Waals surface area contributed by atoms with Gasteiger partial charge in [0.1, 0.15) is 0 Å². The molecule has 1 fully saturated rings. The maximum absolute atomic E-state index is 12.2. The van der Waals surface area contributed by atoms with Gasteiger partial charge in [0.15, 0.2) is 0 Å². The summed E-state index contributed by atoms with van der Waals surface area (Å²) in [6.07, 6.45) is 0.930. The van der Waals surface area contributed by atoms with E-state index >= 15 is 0 Å². The molecule has 0 saturated carbocycles. The van der Waals surface area contributed by atoms with Gasteiger partial charge in [0, 0.05) is 32.1 Å². The highest BCUT2D eigenvalue weighted by atomic mass is 35.5. The number of hydrogen-bond donors (Lipinski definition) is 0. The van der Waals surface area contributed by atoms with E-state index in [-0.39, 0.29) is 18.5 Å². The molecule has 0 aromatic carbocycles. The Kier molecular flexibility index (Phi) is 7.61. The first-order valence-corrected chi connectivity index (χ1v) is 8.98. The molecule has 0 atom stereocenters. The molecule has 0 bridgehead atoms. The van der Waals surface area contributed by atoms with Gasteiger partial charge in [-0.05, 0) is 26.8 Å². The van der Waals surface area contributed by atoms with Crippen molar-refractivity contribution in [1.82, 2.24) is 9.21 Å². The minimum atomic E-state index is -3.19. The lowest BCUT2D eigenvalue weighted by molar-refractivity contribution is 0.0907. The molecule has 1 rings (SSSR count). The normalized spacial score (nSPS) is 19.8. The Balaban J connectivity index is 2.45. The molecule has 1 saturated heterocycles. The topological polar surface area (TPSA) is 49.9 Å². The van der Waals surface area contributed by atoms with Crippen molar-refractivity contribution in [3.63, 3.8) is 0 Å². The van der Waals surface area contributed by atoms with Crippen molar-refractivity contribution in [3.8, 4) is 0 Å². The highest BCUT2D eigenvalue weighted by Crippen LogP contribution is 2.09. The number of hydrogen-bond acceptors (Lipinski definition) is 4. The number of rotatable bonds is 7. The molecule has 1 aliphatic heterocycles. The Bertz CT molecular complexity index is 349. The Morgan fingerprint density at radius 1 is 1.21 bits per heavy atom. The molecule has 19 heavy (non-hydrogen) atoms. The zero-order chi connectivity index (χ0) is 14.3. The van der Waals surface area contributed by atoms with Crippen LogP contribution in [0.1, 0.15) is 20.3 Å². The van der Waals surface area contributed by atoms with Crippen LogP contribution in [0.25, 0.3) is 0 Å². The molecule has 114 valence electrons. The second-order valence-corrected chi connectivity index (χ2v) is 7.49. The largest absolute Gasteiger partial charge is 0.378 e. The van der Waals surface area contributed by atoms with E-state index in [0.29, 0.717) is 19.0 Å². The summed E-state index contributed by atoms with van der Waals surface area (Å²) >= 11 is 5.72. The first kappa shape index (κ1) is 17.2. The maximum atomic E-state index is 12.2. The summed E-state index contributed by atoms with van der Waals surface area (Å²) in [4.78, 5) is 2.22. The average molecular weight is 313 g/mol. The van der Waals surface area contributed by atoms with Gasteiger partial charge in [-0.1, -0.05) is 0 Å². The number of nitrogens with zero attached hydrogens (tertiary/aromatic N) is 2.